The molecule has 14 heavy (non-hydrogen) atoms. The molecule has 0 aromatic heterocycles. The van der Waals surface area contributed by atoms with E-state index in [1.165, 1.54) is 19.3 Å². The molecule has 0 aromatic rings. The second-order valence-electron chi connectivity index (χ2n) is 4.68. The minimum atomic E-state index is 0.400. The van der Waals surface area contributed by atoms with Crippen molar-refractivity contribution >= 4 is 0 Å². The van der Waals surface area contributed by atoms with Crippen LogP contribution in [0.25, 0.3) is 0 Å². The molecule has 2 aliphatic rings. The van der Waals surface area contributed by atoms with Gasteiger partial charge in [-0.05, 0) is 37.0 Å². The zero-order valence-electron chi connectivity index (χ0n) is 9.04. The molecule has 3 atom stereocenters. The lowest BCUT2D eigenvalue weighted by atomic mass is 10.1. The molecule has 82 valence electrons. The monoisotopic (exact) mass is 198 g/mol. The standard InChI is InChI=1S/C11H22N2O/c1-2-6-14-7-10(13-12)11-8-4-3-5-9(8)11/h8-11,13H,2-7,12H2,1H3. The van der Waals surface area contributed by atoms with Crippen LogP contribution in [0, 0.1) is 17.8 Å². The fourth-order valence-electron chi connectivity index (χ4n) is 3.10. The van der Waals surface area contributed by atoms with Crippen molar-refractivity contribution < 1.29 is 4.74 Å². The summed E-state index contributed by atoms with van der Waals surface area (Å²) in [4.78, 5) is 0. The van der Waals surface area contributed by atoms with Crippen molar-refractivity contribution in [2.75, 3.05) is 13.2 Å². The largest absolute Gasteiger partial charge is 0.380 e. The van der Waals surface area contributed by atoms with Gasteiger partial charge >= 0.3 is 0 Å². The van der Waals surface area contributed by atoms with Gasteiger partial charge in [0.15, 0.2) is 0 Å². The second-order valence-corrected chi connectivity index (χ2v) is 4.68. The summed E-state index contributed by atoms with van der Waals surface area (Å²) in [7, 11) is 0. The third-order valence-electron chi connectivity index (χ3n) is 3.80. The highest BCUT2D eigenvalue weighted by Gasteiger charge is 2.55. The number of hydrazine groups is 1. The highest BCUT2D eigenvalue weighted by Crippen LogP contribution is 2.58. The van der Waals surface area contributed by atoms with Crippen molar-refractivity contribution in [3.05, 3.63) is 0 Å². The summed E-state index contributed by atoms with van der Waals surface area (Å²) in [5, 5.41) is 0. The number of fused-ring (bicyclic) bond motifs is 1. The summed E-state index contributed by atoms with van der Waals surface area (Å²) < 4.78 is 5.56. The van der Waals surface area contributed by atoms with Crippen LogP contribution in [0.15, 0.2) is 0 Å². The lowest BCUT2D eigenvalue weighted by molar-refractivity contribution is 0.102. The summed E-state index contributed by atoms with van der Waals surface area (Å²) in [5.74, 6) is 8.30. The molecule has 0 radical (unpaired) electrons. The maximum Gasteiger partial charge on any atom is 0.0636 e. The molecule has 0 aliphatic heterocycles. The first-order valence-corrected chi connectivity index (χ1v) is 5.92. The summed E-state index contributed by atoms with van der Waals surface area (Å²) in [6.07, 6.45) is 5.36. The van der Waals surface area contributed by atoms with E-state index < -0.39 is 0 Å². The van der Waals surface area contributed by atoms with E-state index in [2.05, 4.69) is 12.3 Å². The molecule has 3 heteroatoms. The van der Waals surface area contributed by atoms with E-state index in [1.807, 2.05) is 0 Å². The van der Waals surface area contributed by atoms with Crippen LogP contribution in [0.1, 0.15) is 32.6 Å². The number of nitrogens with one attached hydrogen (secondary N) is 1. The lowest BCUT2D eigenvalue weighted by Crippen LogP contribution is -2.41. The topological polar surface area (TPSA) is 47.3 Å². The van der Waals surface area contributed by atoms with Gasteiger partial charge in [-0.2, -0.15) is 0 Å². The van der Waals surface area contributed by atoms with Gasteiger partial charge in [0.2, 0.25) is 0 Å². The van der Waals surface area contributed by atoms with Crippen LogP contribution in [-0.2, 0) is 4.74 Å². The maximum absolute atomic E-state index is 5.57. The number of ether oxygens (including phenoxy) is 1. The van der Waals surface area contributed by atoms with Gasteiger partial charge in [-0.3, -0.25) is 11.3 Å². The molecule has 0 aromatic carbocycles. The molecule has 2 rings (SSSR count). The molecule has 2 saturated carbocycles. The Morgan fingerprint density at radius 2 is 2.14 bits per heavy atom. The normalized spacial score (nSPS) is 36.9. The van der Waals surface area contributed by atoms with Crippen LogP contribution in [0.4, 0.5) is 0 Å². The molecule has 0 saturated heterocycles. The Labute approximate surface area is 86.4 Å². The molecule has 2 fully saturated rings. The van der Waals surface area contributed by atoms with Gasteiger partial charge in [-0.1, -0.05) is 13.3 Å². The van der Waals surface area contributed by atoms with Gasteiger partial charge in [-0.25, -0.2) is 0 Å². The van der Waals surface area contributed by atoms with Crippen LogP contribution < -0.4 is 11.3 Å². The minimum Gasteiger partial charge on any atom is -0.380 e. The summed E-state index contributed by atoms with van der Waals surface area (Å²) in [6.45, 7) is 3.79. The zero-order valence-corrected chi connectivity index (χ0v) is 9.04. The first-order chi connectivity index (χ1) is 6.88. The Bertz CT molecular complexity index is 176. The van der Waals surface area contributed by atoms with Crippen molar-refractivity contribution in [1.82, 2.24) is 5.43 Å². The van der Waals surface area contributed by atoms with Crippen LogP contribution in [-0.4, -0.2) is 19.3 Å². The van der Waals surface area contributed by atoms with Crippen molar-refractivity contribution in [1.29, 1.82) is 0 Å². The fraction of sp³-hybridized carbons (Fsp3) is 1.00. The Hall–Kier alpha value is -0.120. The minimum absolute atomic E-state index is 0.400. The maximum atomic E-state index is 5.57. The smallest absolute Gasteiger partial charge is 0.0636 e. The van der Waals surface area contributed by atoms with Gasteiger partial charge in [0.25, 0.3) is 0 Å². The molecule has 0 amide bonds. The van der Waals surface area contributed by atoms with Crippen LogP contribution in [0.5, 0.6) is 0 Å². The summed E-state index contributed by atoms with van der Waals surface area (Å²) >= 11 is 0. The van der Waals surface area contributed by atoms with Gasteiger partial charge < -0.3 is 4.74 Å². The SMILES string of the molecule is CCCOCC(NN)C1C2CCCC21. The Morgan fingerprint density at radius 1 is 1.43 bits per heavy atom. The zero-order chi connectivity index (χ0) is 9.97. The molecular weight excluding hydrogens is 176 g/mol. The first-order valence-electron chi connectivity index (χ1n) is 5.92. The Morgan fingerprint density at radius 3 is 2.71 bits per heavy atom. The van der Waals surface area contributed by atoms with E-state index in [-0.39, 0.29) is 0 Å². The second kappa shape index (κ2) is 4.60. The molecule has 0 heterocycles. The highest BCUT2D eigenvalue weighted by molar-refractivity contribution is 5.05. The lowest BCUT2D eigenvalue weighted by Gasteiger charge is -2.17. The molecule has 2 aliphatic carbocycles. The quantitative estimate of drug-likeness (QED) is 0.384. The molecule has 3 N–H and O–H groups in total. The fourth-order valence-corrected chi connectivity index (χ4v) is 3.10. The van der Waals surface area contributed by atoms with Gasteiger partial charge in [0, 0.05) is 12.6 Å². The van der Waals surface area contributed by atoms with Crippen LogP contribution >= 0.6 is 0 Å². The predicted molar refractivity (Wildman–Crippen MR) is 56.5 cm³/mol. The van der Waals surface area contributed by atoms with Crippen LogP contribution in [0.3, 0.4) is 0 Å². The summed E-state index contributed by atoms with van der Waals surface area (Å²) in [6, 6.07) is 0.400. The van der Waals surface area contributed by atoms with E-state index in [1.54, 1.807) is 0 Å². The van der Waals surface area contributed by atoms with Crippen molar-refractivity contribution in [3.63, 3.8) is 0 Å². The Balaban J connectivity index is 1.71. The molecule has 0 spiro atoms. The molecule has 3 unspecified atom stereocenters. The van der Waals surface area contributed by atoms with E-state index in [9.17, 15) is 0 Å². The molecule has 0 bridgehead atoms. The molecular formula is C11H22N2O. The Kier molecular flexibility index (Phi) is 3.42. The van der Waals surface area contributed by atoms with Crippen molar-refractivity contribution in [2.24, 2.45) is 23.6 Å². The molecule has 3 nitrogen and oxygen atoms in total. The third kappa shape index (κ3) is 1.95. The van der Waals surface area contributed by atoms with E-state index in [0.29, 0.717) is 6.04 Å². The number of rotatable bonds is 6. The van der Waals surface area contributed by atoms with Gasteiger partial charge in [0.1, 0.15) is 0 Å². The number of nitrogens with two attached hydrogens (primary N) is 1. The average molecular weight is 198 g/mol. The first kappa shape index (κ1) is 10.4. The van der Waals surface area contributed by atoms with E-state index in [4.69, 9.17) is 10.6 Å². The van der Waals surface area contributed by atoms with Crippen LogP contribution in [0.2, 0.25) is 0 Å². The third-order valence-corrected chi connectivity index (χ3v) is 3.80. The van der Waals surface area contributed by atoms with Gasteiger partial charge in [0.05, 0.1) is 6.61 Å². The number of hydrogen-bond acceptors (Lipinski definition) is 3. The average Bonchev–Trinajstić information content (AvgIpc) is 2.69. The predicted octanol–water partition coefficient (Wildman–Crippen LogP) is 1.29. The van der Waals surface area contributed by atoms with Crippen molar-refractivity contribution in [2.45, 2.75) is 38.6 Å². The summed E-state index contributed by atoms with van der Waals surface area (Å²) in [5.41, 5.74) is 2.93. The van der Waals surface area contributed by atoms with E-state index >= 15 is 0 Å². The van der Waals surface area contributed by atoms with E-state index in [0.717, 1.165) is 37.4 Å². The highest BCUT2D eigenvalue weighted by atomic mass is 16.5. The number of hydrogen-bond donors (Lipinski definition) is 2. The van der Waals surface area contributed by atoms with Crippen molar-refractivity contribution in [3.8, 4) is 0 Å². The van der Waals surface area contributed by atoms with Gasteiger partial charge in [-0.15, -0.1) is 0 Å².